The average Bonchev–Trinajstić information content (AvgIpc) is 3.14. The summed E-state index contributed by atoms with van der Waals surface area (Å²) in [6, 6.07) is 10.2. The van der Waals surface area contributed by atoms with Crippen LogP contribution in [0.1, 0.15) is 25.7 Å². The second kappa shape index (κ2) is 6.01. The van der Waals surface area contributed by atoms with E-state index < -0.39 is 6.65 Å². The summed E-state index contributed by atoms with van der Waals surface area (Å²) in [6.45, 7) is 1.52. The lowest BCUT2D eigenvalue weighted by molar-refractivity contribution is 0.411. The molecule has 3 rings (SSSR count). The van der Waals surface area contributed by atoms with E-state index in [-0.39, 0.29) is 0 Å². The highest BCUT2D eigenvalue weighted by Crippen LogP contribution is 2.68. The third-order valence-corrected chi connectivity index (χ3v) is 9.53. The maximum Gasteiger partial charge on any atom is 0.276 e. The minimum atomic E-state index is -2.45. The zero-order valence-corrected chi connectivity index (χ0v) is 12.9. The highest BCUT2D eigenvalue weighted by Gasteiger charge is 2.40. The van der Waals surface area contributed by atoms with Gasteiger partial charge in [-0.3, -0.25) is 4.57 Å². The Balaban J connectivity index is 1.85. The minimum absolute atomic E-state index is 0.994. The molecule has 0 amide bonds. The molecule has 0 N–H and O–H groups in total. The average molecular weight is 296 g/mol. The van der Waals surface area contributed by atoms with Crippen molar-refractivity contribution in [2.45, 2.75) is 30.6 Å². The zero-order chi connectivity index (χ0) is 13.1. The van der Waals surface area contributed by atoms with Crippen molar-refractivity contribution in [2.75, 3.05) is 26.2 Å². The van der Waals surface area contributed by atoms with Crippen molar-refractivity contribution >= 4 is 18.0 Å². The van der Waals surface area contributed by atoms with E-state index in [0.29, 0.717) is 0 Å². The van der Waals surface area contributed by atoms with E-state index in [1.165, 1.54) is 25.7 Å². The molecule has 2 aliphatic rings. The number of hydrogen-bond donors (Lipinski definition) is 0. The first-order valence-electron chi connectivity index (χ1n) is 7.14. The van der Waals surface area contributed by atoms with Gasteiger partial charge in [0.1, 0.15) is 0 Å². The molecule has 2 fully saturated rings. The van der Waals surface area contributed by atoms with Gasteiger partial charge in [0, 0.05) is 31.1 Å². The number of rotatable bonds is 4. The largest absolute Gasteiger partial charge is 0.276 e. The van der Waals surface area contributed by atoms with Crippen molar-refractivity contribution in [3.8, 4) is 0 Å². The van der Waals surface area contributed by atoms with Crippen LogP contribution in [0.4, 0.5) is 0 Å². The van der Waals surface area contributed by atoms with Crippen LogP contribution >= 0.6 is 18.0 Å². The molecule has 0 bridgehead atoms. The Morgan fingerprint density at radius 3 is 1.79 bits per heavy atom. The van der Waals surface area contributed by atoms with Crippen LogP contribution in [0.25, 0.3) is 0 Å². The van der Waals surface area contributed by atoms with Crippen molar-refractivity contribution < 1.29 is 4.57 Å². The Hall–Kier alpha value is -0.280. The third kappa shape index (κ3) is 2.92. The molecule has 0 atom stereocenters. The molecule has 19 heavy (non-hydrogen) atoms. The molecular weight excluding hydrogens is 275 g/mol. The summed E-state index contributed by atoms with van der Waals surface area (Å²) in [4.78, 5) is 1.13. The zero-order valence-electron chi connectivity index (χ0n) is 11.2. The highest BCUT2D eigenvalue weighted by atomic mass is 32.7. The Bertz CT molecular complexity index is 436. The van der Waals surface area contributed by atoms with E-state index >= 15 is 0 Å². The molecule has 2 heterocycles. The Kier molecular flexibility index (Phi) is 4.33. The standard InChI is InChI=1S/C14H21N2OPS/c17-18(15-10-4-5-11-15,16-12-6-7-13-16)19-14-8-2-1-3-9-14/h1-3,8-9H,4-7,10-13H2. The van der Waals surface area contributed by atoms with Crippen molar-refractivity contribution in [3.63, 3.8) is 0 Å². The lowest BCUT2D eigenvalue weighted by Gasteiger charge is -2.33. The molecule has 2 saturated heterocycles. The van der Waals surface area contributed by atoms with Gasteiger partial charge in [-0.1, -0.05) is 18.2 Å². The van der Waals surface area contributed by atoms with Crippen molar-refractivity contribution in [1.82, 2.24) is 9.34 Å². The normalized spacial score (nSPS) is 22.1. The number of nitrogens with zero attached hydrogens (tertiary/aromatic N) is 2. The van der Waals surface area contributed by atoms with Crippen LogP contribution in [0, 0.1) is 0 Å². The van der Waals surface area contributed by atoms with Gasteiger partial charge in [-0.05, 0) is 49.2 Å². The lowest BCUT2D eigenvalue weighted by atomic mass is 10.4. The predicted molar refractivity (Wildman–Crippen MR) is 81.5 cm³/mol. The summed E-state index contributed by atoms with van der Waals surface area (Å²) in [6.07, 6.45) is 4.75. The first-order valence-corrected chi connectivity index (χ1v) is 10.2. The first kappa shape index (κ1) is 13.7. The van der Waals surface area contributed by atoms with E-state index in [1.807, 2.05) is 18.2 Å². The first-order chi connectivity index (χ1) is 9.29. The quantitative estimate of drug-likeness (QED) is 0.781. The molecule has 2 aliphatic heterocycles. The van der Waals surface area contributed by atoms with Crippen LogP contribution in [0.15, 0.2) is 35.2 Å². The van der Waals surface area contributed by atoms with Gasteiger partial charge < -0.3 is 0 Å². The SMILES string of the molecule is O=P(Sc1ccccc1)(N1CCCC1)N1CCCC1. The number of hydrogen-bond acceptors (Lipinski definition) is 2. The Morgan fingerprint density at radius 1 is 0.842 bits per heavy atom. The number of benzene rings is 1. The molecule has 0 spiro atoms. The third-order valence-electron chi connectivity index (χ3n) is 3.85. The lowest BCUT2D eigenvalue weighted by Crippen LogP contribution is -2.26. The van der Waals surface area contributed by atoms with Crippen LogP contribution in [0.2, 0.25) is 0 Å². The van der Waals surface area contributed by atoms with Crippen LogP contribution in [0.5, 0.6) is 0 Å². The minimum Gasteiger partial charge on any atom is -0.276 e. The second-order valence-electron chi connectivity index (χ2n) is 5.22. The summed E-state index contributed by atoms with van der Waals surface area (Å²) in [5.41, 5.74) is 0. The maximum atomic E-state index is 13.6. The van der Waals surface area contributed by atoms with Gasteiger partial charge >= 0.3 is 0 Å². The van der Waals surface area contributed by atoms with Gasteiger partial charge in [0.15, 0.2) is 0 Å². The monoisotopic (exact) mass is 296 g/mol. The van der Waals surface area contributed by atoms with Crippen molar-refractivity contribution in [1.29, 1.82) is 0 Å². The van der Waals surface area contributed by atoms with E-state index in [2.05, 4.69) is 21.5 Å². The fourth-order valence-corrected chi connectivity index (χ4v) is 8.40. The molecule has 0 saturated carbocycles. The van der Waals surface area contributed by atoms with Gasteiger partial charge in [0.05, 0.1) is 0 Å². The Labute approximate surface area is 119 Å². The molecule has 5 heteroatoms. The summed E-state index contributed by atoms with van der Waals surface area (Å²) in [5.74, 6) is 0. The van der Waals surface area contributed by atoms with Gasteiger partial charge in [0.25, 0.3) is 6.65 Å². The molecular formula is C14H21N2OPS. The molecule has 0 radical (unpaired) electrons. The molecule has 1 aromatic carbocycles. The molecule has 3 nitrogen and oxygen atoms in total. The van der Waals surface area contributed by atoms with E-state index in [4.69, 9.17) is 0 Å². The van der Waals surface area contributed by atoms with Gasteiger partial charge in [-0.25, -0.2) is 9.34 Å². The van der Waals surface area contributed by atoms with Crippen LogP contribution in [-0.4, -0.2) is 35.5 Å². The van der Waals surface area contributed by atoms with Crippen LogP contribution in [-0.2, 0) is 4.57 Å². The van der Waals surface area contributed by atoms with Gasteiger partial charge in [-0.15, -0.1) is 0 Å². The van der Waals surface area contributed by atoms with Crippen molar-refractivity contribution in [2.24, 2.45) is 0 Å². The maximum absolute atomic E-state index is 13.6. The smallest absolute Gasteiger partial charge is 0.276 e. The summed E-state index contributed by atoms with van der Waals surface area (Å²) in [7, 11) is 0. The van der Waals surface area contributed by atoms with E-state index in [9.17, 15) is 4.57 Å². The fraction of sp³-hybridized carbons (Fsp3) is 0.571. The molecule has 1 aromatic rings. The predicted octanol–water partition coefficient (Wildman–Crippen LogP) is 4.08. The fourth-order valence-electron chi connectivity index (χ4n) is 2.82. The van der Waals surface area contributed by atoms with Gasteiger partial charge in [0.2, 0.25) is 0 Å². The Morgan fingerprint density at radius 2 is 1.32 bits per heavy atom. The molecule has 0 aromatic heterocycles. The molecule has 0 aliphatic carbocycles. The topological polar surface area (TPSA) is 23.6 Å². The van der Waals surface area contributed by atoms with Crippen LogP contribution < -0.4 is 0 Å². The second-order valence-corrected chi connectivity index (χ2v) is 9.96. The summed E-state index contributed by atoms with van der Waals surface area (Å²) in [5, 5.41) is 0. The highest BCUT2D eigenvalue weighted by molar-refractivity contribution is 8.56. The molecule has 104 valence electrons. The van der Waals surface area contributed by atoms with Crippen molar-refractivity contribution in [3.05, 3.63) is 30.3 Å². The van der Waals surface area contributed by atoms with E-state index in [1.54, 1.807) is 11.4 Å². The van der Waals surface area contributed by atoms with Crippen LogP contribution in [0.3, 0.4) is 0 Å². The van der Waals surface area contributed by atoms with E-state index in [0.717, 1.165) is 31.1 Å². The van der Waals surface area contributed by atoms with Gasteiger partial charge in [-0.2, -0.15) is 0 Å². The molecule has 0 unspecified atom stereocenters. The summed E-state index contributed by atoms with van der Waals surface area (Å²) < 4.78 is 18.1. The summed E-state index contributed by atoms with van der Waals surface area (Å²) >= 11 is 1.59.